The van der Waals surface area contributed by atoms with Crippen molar-refractivity contribution in [1.82, 2.24) is 0 Å². The molecule has 2 nitrogen and oxygen atoms in total. The number of hydrogen-bond acceptors (Lipinski definition) is 2. The largest absolute Gasteiger partial charge is 0.383 e. The van der Waals surface area contributed by atoms with Crippen molar-refractivity contribution in [2.45, 2.75) is 12.8 Å². The van der Waals surface area contributed by atoms with Gasteiger partial charge in [0.25, 0.3) is 5.92 Å². The van der Waals surface area contributed by atoms with Crippen LogP contribution in [0, 0.1) is 0 Å². The van der Waals surface area contributed by atoms with Crippen LogP contribution in [0.15, 0.2) is 36.9 Å². The highest BCUT2D eigenvalue weighted by atomic mass is 19.3. The number of rotatable bonds is 7. The van der Waals surface area contributed by atoms with Crippen LogP contribution >= 0.6 is 0 Å². The van der Waals surface area contributed by atoms with Gasteiger partial charge in [0, 0.05) is 31.5 Å². The van der Waals surface area contributed by atoms with E-state index >= 15 is 0 Å². The van der Waals surface area contributed by atoms with Crippen molar-refractivity contribution in [1.29, 1.82) is 0 Å². The van der Waals surface area contributed by atoms with Crippen molar-refractivity contribution in [3.05, 3.63) is 42.5 Å². The van der Waals surface area contributed by atoms with E-state index in [9.17, 15) is 8.78 Å². The average molecular weight is 255 g/mol. The average Bonchev–Trinajstić information content (AvgIpc) is 2.40. The first kappa shape index (κ1) is 14.6. The van der Waals surface area contributed by atoms with Gasteiger partial charge in [-0.15, -0.1) is 0 Å². The summed E-state index contributed by atoms with van der Waals surface area (Å²) in [7, 11) is 1.64. The second-order valence-electron chi connectivity index (χ2n) is 3.95. The van der Waals surface area contributed by atoms with E-state index in [1.807, 2.05) is 6.92 Å². The summed E-state index contributed by atoms with van der Waals surface area (Å²) in [5.74, 6) is -2.97. The maximum absolute atomic E-state index is 13.4. The molecule has 0 spiro atoms. The van der Waals surface area contributed by atoms with Crippen LogP contribution < -0.4 is 4.90 Å². The van der Waals surface area contributed by atoms with Gasteiger partial charge in [0.1, 0.15) is 0 Å². The zero-order valence-electron chi connectivity index (χ0n) is 10.8. The van der Waals surface area contributed by atoms with Gasteiger partial charge in [0.05, 0.1) is 6.61 Å². The Bertz CT molecular complexity index is 376. The molecule has 1 aromatic carbocycles. The zero-order chi connectivity index (χ0) is 13.6. The fourth-order valence-corrected chi connectivity index (χ4v) is 1.68. The Morgan fingerprint density at radius 3 is 2.39 bits per heavy atom. The maximum Gasteiger partial charge on any atom is 0.291 e. The topological polar surface area (TPSA) is 12.5 Å². The van der Waals surface area contributed by atoms with Gasteiger partial charge in [-0.25, -0.2) is 0 Å². The van der Waals surface area contributed by atoms with E-state index in [4.69, 9.17) is 4.74 Å². The Hall–Kier alpha value is -1.42. The predicted octanol–water partition coefficient (Wildman–Crippen LogP) is 3.44. The monoisotopic (exact) mass is 255 g/mol. The van der Waals surface area contributed by atoms with Crippen LogP contribution in [0.2, 0.25) is 0 Å². The molecule has 0 aromatic heterocycles. The molecule has 0 aliphatic rings. The lowest BCUT2D eigenvalue weighted by molar-refractivity contribution is 0.0525. The third-order valence-electron chi connectivity index (χ3n) is 2.82. The van der Waals surface area contributed by atoms with Crippen LogP contribution in [0.25, 0.3) is 0 Å². The highest BCUT2D eigenvalue weighted by Crippen LogP contribution is 2.30. The summed E-state index contributed by atoms with van der Waals surface area (Å²) in [6, 6.07) is 6.27. The van der Waals surface area contributed by atoms with E-state index in [0.29, 0.717) is 12.7 Å². The second kappa shape index (κ2) is 6.50. The standard InChI is InChI=1S/C14H19F2NO/c1-4-14(15,16)12-6-8-13(9-7-12)17(5-2)10-11-18-3/h4,6-9H,1,5,10-11H2,2-3H3. The number of nitrogens with zero attached hydrogens (tertiary/aromatic N) is 1. The van der Waals surface area contributed by atoms with E-state index in [-0.39, 0.29) is 5.56 Å². The molecular weight excluding hydrogens is 236 g/mol. The molecule has 0 N–H and O–H groups in total. The van der Waals surface area contributed by atoms with Crippen molar-refractivity contribution in [3.63, 3.8) is 0 Å². The van der Waals surface area contributed by atoms with Crippen LogP contribution in [0.5, 0.6) is 0 Å². The van der Waals surface area contributed by atoms with Crippen LogP contribution in [0.3, 0.4) is 0 Å². The molecule has 4 heteroatoms. The van der Waals surface area contributed by atoms with Gasteiger partial charge < -0.3 is 9.64 Å². The van der Waals surface area contributed by atoms with Crippen LogP contribution in [-0.2, 0) is 10.7 Å². The van der Waals surface area contributed by atoms with Gasteiger partial charge in [-0.05, 0) is 25.1 Å². The minimum Gasteiger partial charge on any atom is -0.383 e. The van der Waals surface area contributed by atoms with Crippen molar-refractivity contribution in [3.8, 4) is 0 Å². The normalized spacial score (nSPS) is 11.3. The summed E-state index contributed by atoms with van der Waals surface area (Å²) >= 11 is 0. The molecule has 0 heterocycles. The Morgan fingerprint density at radius 2 is 1.94 bits per heavy atom. The van der Waals surface area contributed by atoms with Gasteiger partial charge in [-0.1, -0.05) is 18.7 Å². The third-order valence-corrected chi connectivity index (χ3v) is 2.82. The van der Waals surface area contributed by atoms with Crippen LogP contribution in [0.4, 0.5) is 14.5 Å². The zero-order valence-corrected chi connectivity index (χ0v) is 10.8. The van der Waals surface area contributed by atoms with Crippen molar-refractivity contribution < 1.29 is 13.5 Å². The van der Waals surface area contributed by atoms with E-state index in [0.717, 1.165) is 18.8 Å². The fraction of sp³-hybridized carbons (Fsp3) is 0.429. The van der Waals surface area contributed by atoms with Crippen LogP contribution in [0.1, 0.15) is 12.5 Å². The summed E-state index contributed by atoms with van der Waals surface area (Å²) in [6.07, 6.45) is 0.657. The smallest absolute Gasteiger partial charge is 0.291 e. The first-order chi connectivity index (χ1) is 8.55. The molecule has 0 amide bonds. The molecule has 0 fully saturated rings. The molecule has 0 aliphatic carbocycles. The van der Waals surface area contributed by atoms with E-state index in [2.05, 4.69) is 11.5 Å². The predicted molar refractivity (Wildman–Crippen MR) is 70.3 cm³/mol. The number of allylic oxidation sites excluding steroid dienone is 1. The minimum atomic E-state index is -2.97. The molecule has 0 aliphatic heterocycles. The Balaban J connectivity index is 2.84. The quantitative estimate of drug-likeness (QED) is 0.692. The molecule has 1 aromatic rings. The summed E-state index contributed by atoms with van der Waals surface area (Å²) in [6.45, 7) is 7.32. The molecule has 18 heavy (non-hydrogen) atoms. The van der Waals surface area contributed by atoms with Crippen molar-refractivity contribution >= 4 is 5.69 Å². The number of anilines is 1. The molecule has 0 unspecified atom stereocenters. The lowest BCUT2D eigenvalue weighted by Crippen LogP contribution is -2.26. The molecule has 100 valence electrons. The van der Waals surface area contributed by atoms with E-state index in [1.54, 1.807) is 19.2 Å². The number of ether oxygens (including phenoxy) is 1. The second-order valence-corrected chi connectivity index (χ2v) is 3.95. The number of methoxy groups -OCH3 is 1. The highest BCUT2D eigenvalue weighted by molar-refractivity contribution is 5.48. The molecule has 0 atom stereocenters. The third kappa shape index (κ3) is 3.53. The van der Waals surface area contributed by atoms with Gasteiger partial charge in [0.2, 0.25) is 0 Å². The molecular formula is C14H19F2NO. The number of benzene rings is 1. The van der Waals surface area contributed by atoms with Gasteiger partial charge in [0.15, 0.2) is 0 Å². The Labute approximate surface area is 107 Å². The van der Waals surface area contributed by atoms with E-state index in [1.165, 1.54) is 12.1 Å². The Kier molecular flexibility index (Phi) is 5.28. The maximum atomic E-state index is 13.4. The molecule has 0 bridgehead atoms. The van der Waals surface area contributed by atoms with Gasteiger partial charge >= 0.3 is 0 Å². The number of alkyl halides is 2. The van der Waals surface area contributed by atoms with Crippen LogP contribution in [-0.4, -0.2) is 26.8 Å². The summed E-state index contributed by atoms with van der Waals surface area (Å²) < 4.78 is 31.7. The molecule has 0 saturated carbocycles. The lowest BCUT2D eigenvalue weighted by atomic mass is 10.1. The number of likely N-dealkylation sites (N-methyl/N-ethyl adjacent to an activating group) is 1. The minimum absolute atomic E-state index is 0.0379. The van der Waals surface area contributed by atoms with Gasteiger partial charge in [-0.2, -0.15) is 8.78 Å². The first-order valence-electron chi connectivity index (χ1n) is 5.91. The fourth-order valence-electron chi connectivity index (χ4n) is 1.68. The van der Waals surface area contributed by atoms with Gasteiger partial charge in [-0.3, -0.25) is 0 Å². The molecule has 0 saturated heterocycles. The van der Waals surface area contributed by atoms with Crippen molar-refractivity contribution in [2.24, 2.45) is 0 Å². The highest BCUT2D eigenvalue weighted by Gasteiger charge is 2.26. The lowest BCUT2D eigenvalue weighted by Gasteiger charge is -2.23. The number of hydrogen-bond donors (Lipinski definition) is 0. The van der Waals surface area contributed by atoms with E-state index < -0.39 is 5.92 Å². The summed E-state index contributed by atoms with van der Waals surface area (Å²) in [4.78, 5) is 2.07. The first-order valence-corrected chi connectivity index (χ1v) is 5.91. The summed E-state index contributed by atoms with van der Waals surface area (Å²) in [5, 5.41) is 0. The SMILES string of the molecule is C=CC(F)(F)c1ccc(N(CC)CCOC)cc1. The summed E-state index contributed by atoms with van der Waals surface area (Å²) in [5.41, 5.74) is 0.877. The molecule has 0 radical (unpaired) electrons. The molecule has 1 rings (SSSR count). The van der Waals surface area contributed by atoms with Crippen molar-refractivity contribution in [2.75, 3.05) is 31.7 Å². The Morgan fingerprint density at radius 1 is 1.33 bits per heavy atom. The number of halogens is 2.